The van der Waals surface area contributed by atoms with Gasteiger partial charge in [-0.15, -0.1) is 0 Å². The third-order valence-electron chi connectivity index (χ3n) is 4.32. The molecule has 0 aromatic heterocycles. The number of benzene rings is 2. The summed E-state index contributed by atoms with van der Waals surface area (Å²) in [6.45, 7) is 10.7. The monoisotopic (exact) mass is 324 g/mol. The van der Waals surface area contributed by atoms with E-state index in [2.05, 4.69) is 52.0 Å². The molecule has 0 saturated carbocycles. The van der Waals surface area contributed by atoms with Crippen LogP contribution in [0.15, 0.2) is 48.5 Å². The van der Waals surface area contributed by atoms with Crippen molar-refractivity contribution in [1.82, 2.24) is 0 Å². The molecule has 2 aromatic carbocycles. The van der Waals surface area contributed by atoms with E-state index in [-0.39, 0.29) is 17.3 Å². The van der Waals surface area contributed by atoms with Gasteiger partial charge in [-0.25, -0.2) is 0 Å². The fourth-order valence-electron chi connectivity index (χ4n) is 2.75. The van der Waals surface area contributed by atoms with Crippen LogP contribution in [0.3, 0.4) is 0 Å². The van der Waals surface area contributed by atoms with Crippen molar-refractivity contribution < 1.29 is 9.53 Å². The number of hydrogen-bond donors (Lipinski definition) is 0. The quantitative estimate of drug-likeness (QED) is 0.510. The second kappa shape index (κ2) is 7.65. The van der Waals surface area contributed by atoms with Gasteiger partial charge in [-0.3, -0.25) is 4.79 Å². The van der Waals surface area contributed by atoms with E-state index < -0.39 is 0 Å². The maximum Gasteiger partial charge on any atom is 0.311 e. The molecule has 2 rings (SSSR count). The minimum Gasteiger partial charge on any atom is -0.426 e. The van der Waals surface area contributed by atoms with Crippen molar-refractivity contribution >= 4 is 5.97 Å². The second-order valence-corrected chi connectivity index (χ2v) is 7.36. The molecule has 0 fully saturated rings. The molecule has 2 nitrogen and oxygen atoms in total. The third kappa shape index (κ3) is 4.47. The van der Waals surface area contributed by atoms with Gasteiger partial charge >= 0.3 is 5.97 Å². The lowest BCUT2D eigenvalue weighted by Crippen LogP contribution is -2.14. The SMILES string of the molecule is CCCC(=O)Oc1ccc(C(C)(C)C)cc1[C@H](C)c1ccccc1. The summed E-state index contributed by atoms with van der Waals surface area (Å²) in [6.07, 6.45) is 1.24. The maximum absolute atomic E-state index is 12.0. The smallest absolute Gasteiger partial charge is 0.311 e. The molecule has 0 N–H and O–H groups in total. The molecule has 0 saturated heterocycles. The molecule has 0 aliphatic carbocycles. The molecule has 0 aliphatic rings. The summed E-state index contributed by atoms with van der Waals surface area (Å²) >= 11 is 0. The molecule has 0 amide bonds. The van der Waals surface area contributed by atoms with Crippen molar-refractivity contribution in [3.8, 4) is 5.75 Å². The number of rotatable bonds is 5. The fourth-order valence-corrected chi connectivity index (χ4v) is 2.75. The Labute approximate surface area is 145 Å². The highest BCUT2D eigenvalue weighted by molar-refractivity contribution is 5.73. The van der Waals surface area contributed by atoms with Gasteiger partial charge in [0.2, 0.25) is 0 Å². The molecule has 0 heterocycles. The van der Waals surface area contributed by atoms with Crippen molar-refractivity contribution in [1.29, 1.82) is 0 Å². The number of hydrogen-bond acceptors (Lipinski definition) is 2. The van der Waals surface area contributed by atoms with E-state index >= 15 is 0 Å². The highest BCUT2D eigenvalue weighted by Crippen LogP contribution is 2.35. The van der Waals surface area contributed by atoms with E-state index in [0.29, 0.717) is 12.2 Å². The Morgan fingerprint density at radius 1 is 1.08 bits per heavy atom. The van der Waals surface area contributed by atoms with Crippen molar-refractivity contribution in [2.75, 3.05) is 0 Å². The van der Waals surface area contributed by atoms with Crippen LogP contribution in [0.5, 0.6) is 5.75 Å². The van der Waals surface area contributed by atoms with Crippen LogP contribution in [0.4, 0.5) is 0 Å². The topological polar surface area (TPSA) is 26.3 Å². The standard InChI is InChI=1S/C22H28O2/c1-6-10-21(23)24-20-14-13-18(22(3,4)5)15-19(20)16(2)17-11-8-7-9-12-17/h7-9,11-16H,6,10H2,1-5H3/t16-/m1/s1. The lowest BCUT2D eigenvalue weighted by Gasteiger charge is -2.23. The van der Waals surface area contributed by atoms with Crippen LogP contribution >= 0.6 is 0 Å². The molecule has 1 atom stereocenters. The first kappa shape index (κ1) is 18.3. The molecular weight excluding hydrogens is 296 g/mol. The van der Waals surface area contributed by atoms with Gasteiger partial charge < -0.3 is 4.74 Å². The Morgan fingerprint density at radius 2 is 1.75 bits per heavy atom. The highest BCUT2D eigenvalue weighted by atomic mass is 16.5. The van der Waals surface area contributed by atoms with Crippen LogP contribution in [-0.2, 0) is 10.2 Å². The van der Waals surface area contributed by atoms with Crippen molar-refractivity contribution in [2.24, 2.45) is 0 Å². The Hall–Kier alpha value is -2.09. The summed E-state index contributed by atoms with van der Waals surface area (Å²) in [5, 5.41) is 0. The lowest BCUT2D eigenvalue weighted by molar-refractivity contribution is -0.134. The molecule has 0 unspecified atom stereocenters. The Balaban J connectivity index is 2.45. The van der Waals surface area contributed by atoms with Gasteiger partial charge in [-0.05, 0) is 29.0 Å². The first-order valence-electron chi connectivity index (χ1n) is 8.73. The minimum atomic E-state index is -0.164. The van der Waals surface area contributed by atoms with Gasteiger partial charge in [-0.2, -0.15) is 0 Å². The second-order valence-electron chi connectivity index (χ2n) is 7.36. The van der Waals surface area contributed by atoms with Crippen LogP contribution in [0.25, 0.3) is 0 Å². The van der Waals surface area contributed by atoms with Crippen LogP contribution in [0.1, 0.15) is 70.1 Å². The predicted molar refractivity (Wildman–Crippen MR) is 99.6 cm³/mol. The number of esters is 1. The van der Waals surface area contributed by atoms with E-state index in [4.69, 9.17) is 4.74 Å². The Bertz CT molecular complexity index is 681. The number of carbonyl (C=O) groups excluding carboxylic acids is 1. The van der Waals surface area contributed by atoms with Crippen LogP contribution in [0.2, 0.25) is 0 Å². The van der Waals surface area contributed by atoms with Gasteiger partial charge in [-0.1, -0.05) is 77.1 Å². The summed E-state index contributed by atoms with van der Waals surface area (Å²) in [5.41, 5.74) is 3.59. The molecule has 2 heteroatoms. The zero-order valence-corrected chi connectivity index (χ0v) is 15.4. The van der Waals surface area contributed by atoms with Crippen molar-refractivity contribution in [2.45, 2.75) is 58.8 Å². The van der Waals surface area contributed by atoms with E-state index in [0.717, 1.165) is 12.0 Å². The molecule has 0 aliphatic heterocycles. The van der Waals surface area contributed by atoms with E-state index in [9.17, 15) is 4.79 Å². The molecular formula is C22H28O2. The summed E-state index contributed by atoms with van der Waals surface area (Å²) in [6, 6.07) is 16.5. The fraction of sp³-hybridized carbons (Fsp3) is 0.409. The van der Waals surface area contributed by atoms with E-state index in [1.54, 1.807) is 0 Å². The summed E-state index contributed by atoms with van der Waals surface area (Å²) < 4.78 is 5.66. The molecule has 24 heavy (non-hydrogen) atoms. The van der Waals surface area contributed by atoms with Gasteiger partial charge in [0.25, 0.3) is 0 Å². The zero-order valence-electron chi connectivity index (χ0n) is 15.4. The number of ether oxygens (including phenoxy) is 1. The molecule has 0 radical (unpaired) electrons. The van der Waals surface area contributed by atoms with Gasteiger partial charge in [0.15, 0.2) is 0 Å². The van der Waals surface area contributed by atoms with E-state index in [1.165, 1.54) is 11.1 Å². The van der Waals surface area contributed by atoms with Gasteiger partial charge in [0.05, 0.1) is 0 Å². The molecule has 0 bridgehead atoms. The normalized spacial score (nSPS) is 12.7. The largest absolute Gasteiger partial charge is 0.426 e. The van der Waals surface area contributed by atoms with Gasteiger partial charge in [0, 0.05) is 17.9 Å². The predicted octanol–water partition coefficient (Wildman–Crippen LogP) is 5.84. The highest BCUT2D eigenvalue weighted by Gasteiger charge is 2.21. The minimum absolute atomic E-state index is 0.0527. The summed E-state index contributed by atoms with van der Waals surface area (Å²) in [5.74, 6) is 0.679. The summed E-state index contributed by atoms with van der Waals surface area (Å²) in [7, 11) is 0. The molecule has 128 valence electrons. The lowest BCUT2D eigenvalue weighted by atomic mass is 9.83. The molecule has 2 aromatic rings. The Morgan fingerprint density at radius 3 is 2.33 bits per heavy atom. The summed E-state index contributed by atoms with van der Waals surface area (Å²) in [4.78, 5) is 12.0. The molecule has 0 spiro atoms. The average Bonchev–Trinajstić information content (AvgIpc) is 2.54. The average molecular weight is 324 g/mol. The zero-order chi connectivity index (χ0) is 17.7. The first-order valence-corrected chi connectivity index (χ1v) is 8.73. The van der Waals surface area contributed by atoms with Crippen LogP contribution < -0.4 is 4.74 Å². The van der Waals surface area contributed by atoms with Gasteiger partial charge in [0.1, 0.15) is 5.75 Å². The van der Waals surface area contributed by atoms with E-state index in [1.807, 2.05) is 31.2 Å². The first-order chi connectivity index (χ1) is 11.3. The van der Waals surface area contributed by atoms with Crippen LogP contribution in [0, 0.1) is 0 Å². The number of carbonyl (C=O) groups is 1. The maximum atomic E-state index is 12.0. The third-order valence-corrected chi connectivity index (χ3v) is 4.32. The van der Waals surface area contributed by atoms with Crippen LogP contribution in [-0.4, -0.2) is 5.97 Å². The van der Waals surface area contributed by atoms with Crippen molar-refractivity contribution in [3.63, 3.8) is 0 Å². The van der Waals surface area contributed by atoms with Crippen molar-refractivity contribution in [3.05, 3.63) is 65.2 Å². The Kier molecular flexibility index (Phi) is 5.82.